The normalized spacial score (nSPS) is 15.8. The van der Waals surface area contributed by atoms with E-state index in [-0.39, 0.29) is 24.3 Å². The molecule has 1 atom stereocenters. The first-order chi connectivity index (χ1) is 12.3. The van der Waals surface area contributed by atoms with E-state index in [1.165, 1.54) is 7.11 Å². The molecule has 5 N–H and O–H groups in total. The SMILES string of the molecule is COC(=O)CCC1CCN(C(=O)[C@H](CCCN=C(N)N)N[N+](=O)[O-])CC1. The maximum absolute atomic E-state index is 12.6. The first-order valence-electron chi connectivity index (χ1n) is 8.65. The minimum absolute atomic E-state index is 0.0517. The molecule has 1 rings (SSSR count). The van der Waals surface area contributed by atoms with E-state index >= 15 is 0 Å². The Labute approximate surface area is 152 Å². The highest BCUT2D eigenvalue weighted by Crippen LogP contribution is 2.23. The van der Waals surface area contributed by atoms with Crippen molar-refractivity contribution in [2.24, 2.45) is 22.4 Å². The summed E-state index contributed by atoms with van der Waals surface area (Å²) in [4.78, 5) is 40.0. The number of carbonyl (C=O) groups excluding carboxylic acids is 2. The van der Waals surface area contributed by atoms with Gasteiger partial charge in [-0.15, -0.1) is 5.43 Å². The molecule has 0 bridgehead atoms. The van der Waals surface area contributed by atoms with Gasteiger partial charge < -0.3 is 21.1 Å². The van der Waals surface area contributed by atoms with Gasteiger partial charge >= 0.3 is 5.97 Å². The van der Waals surface area contributed by atoms with Gasteiger partial charge in [0.15, 0.2) is 17.0 Å². The number of nitro groups is 1. The van der Waals surface area contributed by atoms with Crippen LogP contribution in [0.4, 0.5) is 0 Å². The van der Waals surface area contributed by atoms with Crippen molar-refractivity contribution in [2.75, 3.05) is 26.7 Å². The van der Waals surface area contributed by atoms with Crippen LogP contribution in [-0.4, -0.2) is 60.6 Å². The number of hydrogen-bond acceptors (Lipinski definition) is 6. The second-order valence-electron chi connectivity index (χ2n) is 6.27. The van der Waals surface area contributed by atoms with Crippen molar-refractivity contribution >= 4 is 17.8 Å². The number of amides is 1. The molecule has 0 aromatic heterocycles. The van der Waals surface area contributed by atoms with Gasteiger partial charge in [0.1, 0.15) is 0 Å². The summed E-state index contributed by atoms with van der Waals surface area (Å²) in [5.74, 6) is -0.233. The molecule has 11 nitrogen and oxygen atoms in total. The van der Waals surface area contributed by atoms with E-state index in [2.05, 4.69) is 15.2 Å². The van der Waals surface area contributed by atoms with Crippen LogP contribution >= 0.6 is 0 Å². The predicted molar refractivity (Wildman–Crippen MR) is 94.4 cm³/mol. The number of hydrogen-bond donors (Lipinski definition) is 3. The van der Waals surface area contributed by atoms with Crippen molar-refractivity contribution < 1.29 is 19.4 Å². The molecular weight excluding hydrogens is 344 g/mol. The Kier molecular flexibility index (Phi) is 9.17. The van der Waals surface area contributed by atoms with Gasteiger partial charge in [0.2, 0.25) is 0 Å². The monoisotopic (exact) mass is 372 g/mol. The number of piperidine rings is 1. The van der Waals surface area contributed by atoms with Gasteiger partial charge in [-0.3, -0.25) is 14.6 Å². The number of nitrogens with zero attached hydrogens (tertiary/aromatic N) is 3. The van der Waals surface area contributed by atoms with Crippen molar-refractivity contribution in [2.45, 2.75) is 44.6 Å². The zero-order valence-corrected chi connectivity index (χ0v) is 15.1. The lowest BCUT2D eigenvalue weighted by molar-refractivity contribution is -0.548. The molecule has 1 heterocycles. The van der Waals surface area contributed by atoms with Crippen LogP contribution in [0, 0.1) is 16.0 Å². The molecule has 0 unspecified atom stereocenters. The average molecular weight is 372 g/mol. The quantitative estimate of drug-likeness (QED) is 0.114. The second-order valence-corrected chi connectivity index (χ2v) is 6.27. The van der Waals surface area contributed by atoms with E-state index < -0.39 is 11.1 Å². The fraction of sp³-hybridized carbons (Fsp3) is 0.800. The molecule has 0 aromatic rings. The van der Waals surface area contributed by atoms with Crippen LogP contribution in [-0.2, 0) is 14.3 Å². The maximum Gasteiger partial charge on any atom is 0.305 e. The van der Waals surface area contributed by atoms with E-state index in [9.17, 15) is 19.7 Å². The maximum atomic E-state index is 12.6. The minimum atomic E-state index is -0.911. The van der Waals surface area contributed by atoms with Gasteiger partial charge in [-0.05, 0) is 38.0 Å². The van der Waals surface area contributed by atoms with Gasteiger partial charge in [-0.25, -0.2) is 10.1 Å². The lowest BCUT2D eigenvalue weighted by Gasteiger charge is -2.33. The fourth-order valence-electron chi connectivity index (χ4n) is 2.96. The molecular formula is C15H28N6O5. The molecule has 148 valence electrons. The summed E-state index contributed by atoms with van der Waals surface area (Å²) in [5.41, 5.74) is 12.5. The van der Waals surface area contributed by atoms with Crippen molar-refractivity contribution in [3.05, 3.63) is 10.1 Å². The Balaban J connectivity index is 2.48. The summed E-state index contributed by atoms with van der Waals surface area (Å²) < 4.78 is 4.63. The van der Waals surface area contributed by atoms with Crippen LogP contribution in [0.3, 0.4) is 0 Å². The van der Waals surface area contributed by atoms with Gasteiger partial charge in [-0.1, -0.05) is 0 Å². The molecule has 0 aliphatic carbocycles. The summed E-state index contributed by atoms with van der Waals surface area (Å²) >= 11 is 0. The summed E-state index contributed by atoms with van der Waals surface area (Å²) in [5, 5.41) is 10.1. The lowest BCUT2D eigenvalue weighted by atomic mass is 9.92. The third-order valence-electron chi connectivity index (χ3n) is 4.42. The zero-order chi connectivity index (χ0) is 19.5. The van der Waals surface area contributed by atoms with Crippen LogP contribution in [0.15, 0.2) is 4.99 Å². The van der Waals surface area contributed by atoms with E-state index in [4.69, 9.17) is 11.5 Å². The number of nitrogens with two attached hydrogens (primary N) is 2. The van der Waals surface area contributed by atoms with Crippen molar-refractivity contribution in [3.63, 3.8) is 0 Å². The number of aliphatic imine (C=N–C) groups is 1. The van der Waals surface area contributed by atoms with E-state index in [1.54, 1.807) is 4.90 Å². The first-order valence-corrected chi connectivity index (χ1v) is 8.65. The van der Waals surface area contributed by atoms with Gasteiger partial charge in [-0.2, -0.15) is 0 Å². The molecule has 26 heavy (non-hydrogen) atoms. The molecule has 1 fully saturated rings. The highest BCUT2D eigenvalue weighted by atomic mass is 16.7. The molecule has 1 saturated heterocycles. The summed E-state index contributed by atoms with van der Waals surface area (Å²) in [6.45, 7) is 1.35. The number of methoxy groups -OCH3 is 1. The van der Waals surface area contributed by atoms with Crippen LogP contribution in [0.2, 0.25) is 0 Å². The number of likely N-dealkylation sites (tertiary alicyclic amines) is 1. The van der Waals surface area contributed by atoms with Crippen LogP contribution in [0.25, 0.3) is 0 Å². The molecule has 0 aromatic carbocycles. The largest absolute Gasteiger partial charge is 0.469 e. The third-order valence-corrected chi connectivity index (χ3v) is 4.42. The number of guanidine groups is 1. The third kappa shape index (κ3) is 7.99. The first kappa shape index (κ1) is 21.5. The van der Waals surface area contributed by atoms with E-state index in [0.717, 1.165) is 19.3 Å². The summed E-state index contributed by atoms with van der Waals surface area (Å²) in [6.07, 6.45) is 3.34. The van der Waals surface area contributed by atoms with Gasteiger partial charge in [0.25, 0.3) is 5.91 Å². The molecule has 1 amide bonds. The number of carbonyl (C=O) groups is 2. The minimum Gasteiger partial charge on any atom is -0.469 e. The zero-order valence-electron chi connectivity index (χ0n) is 15.1. The van der Waals surface area contributed by atoms with Crippen LogP contribution < -0.4 is 16.9 Å². The van der Waals surface area contributed by atoms with Crippen molar-refractivity contribution in [1.82, 2.24) is 10.3 Å². The molecule has 11 heteroatoms. The number of ether oxygens (including phenoxy) is 1. The lowest BCUT2D eigenvalue weighted by Crippen LogP contribution is -2.50. The van der Waals surface area contributed by atoms with E-state index in [0.29, 0.717) is 38.4 Å². The molecule has 0 saturated carbocycles. The van der Waals surface area contributed by atoms with Crippen LogP contribution in [0.5, 0.6) is 0 Å². The smallest absolute Gasteiger partial charge is 0.305 e. The Hall–Kier alpha value is -2.59. The standard InChI is InChI=1S/C15H28N6O5/c1-26-13(22)5-4-11-6-9-20(10-7-11)14(23)12(19-21(24)25)3-2-8-18-15(16)17/h11-12,19H,2-10H2,1H3,(H4,16,17,18)/t12-/m0/s1. The topological polar surface area (TPSA) is 166 Å². The van der Waals surface area contributed by atoms with Crippen molar-refractivity contribution in [3.8, 4) is 0 Å². The van der Waals surface area contributed by atoms with Gasteiger partial charge in [0.05, 0.1) is 7.11 Å². The number of hydrazine groups is 1. The number of rotatable bonds is 10. The summed E-state index contributed by atoms with van der Waals surface area (Å²) in [6, 6.07) is -0.911. The second kappa shape index (κ2) is 11.1. The molecule has 1 aliphatic rings. The highest BCUT2D eigenvalue weighted by molar-refractivity contribution is 5.81. The van der Waals surface area contributed by atoms with E-state index in [1.807, 2.05) is 0 Å². The molecule has 0 spiro atoms. The number of nitrogens with one attached hydrogen (secondary N) is 1. The molecule has 1 aliphatic heterocycles. The Morgan fingerprint density at radius 2 is 2.04 bits per heavy atom. The van der Waals surface area contributed by atoms with Crippen molar-refractivity contribution in [1.29, 1.82) is 0 Å². The fourth-order valence-corrected chi connectivity index (χ4v) is 2.96. The average Bonchev–Trinajstić information content (AvgIpc) is 2.61. The van der Waals surface area contributed by atoms with Gasteiger partial charge in [0, 0.05) is 26.1 Å². The Morgan fingerprint density at radius 1 is 1.38 bits per heavy atom. The highest BCUT2D eigenvalue weighted by Gasteiger charge is 2.30. The predicted octanol–water partition coefficient (Wildman–Crippen LogP) is -0.618. The summed E-state index contributed by atoms with van der Waals surface area (Å²) in [7, 11) is 1.36. The Bertz CT molecular complexity index is 515. The Morgan fingerprint density at radius 3 is 2.58 bits per heavy atom. The van der Waals surface area contributed by atoms with Crippen LogP contribution in [0.1, 0.15) is 38.5 Å². The molecule has 0 radical (unpaired) electrons. The number of esters is 1.